The standard InChI is InChI=1S/C14H24N2O/c1-10-5-4-6-13(17-3)14(10)11(2)7-12(8-15)9-16/h4-6,11-12H,7-9,15-16H2,1-3H3. The Kier molecular flexibility index (Phi) is 5.45. The van der Waals surface area contributed by atoms with Crippen molar-refractivity contribution in [3.63, 3.8) is 0 Å². The van der Waals surface area contributed by atoms with Gasteiger partial charge in [-0.05, 0) is 55.5 Å². The van der Waals surface area contributed by atoms with E-state index in [1.165, 1.54) is 11.1 Å². The summed E-state index contributed by atoms with van der Waals surface area (Å²) in [4.78, 5) is 0. The molecule has 1 rings (SSSR count). The van der Waals surface area contributed by atoms with Gasteiger partial charge in [0.05, 0.1) is 7.11 Å². The van der Waals surface area contributed by atoms with Gasteiger partial charge in [0, 0.05) is 0 Å². The van der Waals surface area contributed by atoms with Gasteiger partial charge in [-0.1, -0.05) is 19.1 Å². The lowest BCUT2D eigenvalue weighted by Crippen LogP contribution is -2.24. The highest BCUT2D eigenvalue weighted by Crippen LogP contribution is 2.33. The minimum absolute atomic E-state index is 0.384. The highest BCUT2D eigenvalue weighted by atomic mass is 16.5. The fraction of sp³-hybridized carbons (Fsp3) is 0.571. The van der Waals surface area contributed by atoms with Gasteiger partial charge in [0.15, 0.2) is 0 Å². The Morgan fingerprint density at radius 3 is 2.41 bits per heavy atom. The highest BCUT2D eigenvalue weighted by molar-refractivity contribution is 5.42. The first-order valence-corrected chi connectivity index (χ1v) is 6.17. The van der Waals surface area contributed by atoms with Crippen molar-refractivity contribution < 1.29 is 4.74 Å². The topological polar surface area (TPSA) is 61.3 Å². The number of ether oxygens (including phenoxy) is 1. The van der Waals surface area contributed by atoms with E-state index in [-0.39, 0.29) is 0 Å². The Morgan fingerprint density at radius 1 is 1.24 bits per heavy atom. The Morgan fingerprint density at radius 2 is 1.88 bits per heavy atom. The average molecular weight is 236 g/mol. The van der Waals surface area contributed by atoms with E-state index in [4.69, 9.17) is 16.2 Å². The molecular formula is C14H24N2O. The van der Waals surface area contributed by atoms with Crippen LogP contribution >= 0.6 is 0 Å². The number of methoxy groups -OCH3 is 1. The van der Waals surface area contributed by atoms with Crippen LogP contribution in [0.2, 0.25) is 0 Å². The number of benzene rings is 1. The molecule has 0 saturated carbocycles. The molecule has 17 heavy (non-hydrogen) atoms. The molecule has 0 fully saturated rings. The number of hydrogen-bond donors (Lipinski definition) is 2. The summed E-state index contributed by atoms with van der Waals surface area (Å²) in [6.45, 7) is 5.63. The summed E-state index contributed by atoms with van der Waals surface area (Å²) in [6, 6.07) is 6.15. The summed E-state index contributed by atoms with van der Waals surface area (Å²) in [5, 5.41) is 0. The first-order chi connectivity index (χ1) is 8.13. The molecule has 0 aliphatic heterocycles. The lowest BCUT2D eigenvalue weighted by molar-refractivity contribution is 0.396. The first-order valence-electron chi connectivity index (χ1n) is 6.17. The quantitative estimate of drug-likeness (QED) is 0.794. The predicted octanol–water partition coefficient (Wildman–Crippen LogP) is 2.03. The summed E-state index contributed by atoms with van der Waals surface area (Å²) in [7, 11) is 1.72. The number of aryl methyl sites for hydroxylation is 1. The lowest BCUT2D eigenvalue weighted by Gasteiger charge is -2.22. The van der Waals surface area contributed by atoms with Crippen molar-refractivity contribution >= 4 is 0 Å². The van der Waals surface area contributed by atoms with Crippen LogP contribution in [0.25, 0.3) is 0 Å². The van der Waals surface area contributed by atoms with Crippen molar-refractivity contribution in [2.75, 3.05) is 20.2 Å². The molecule has 0 aliphatic carbocycles. The van der Waals surface area contributed by atoms with Gasteiger partial charge in [-0.15, -0.1) is 0 Å². The van der Waals surface area contributed by atoms with E-state index in [2.05, 4.69) is 19.9 Å². The molecular weight excluding hydrogens is 212 g/mol. The molecule has 0 radical (unpaired) electrons. The maximum Gasteiger partial charge on any atom is 0.122 e. The minimum Gasteiger partial charge on any atom is -0.496 e. The second-order valence-electron chi connectivity index (χ2n) is 4.67. The van der Waals surface area contributed by atoms with E-state index in [0.29, 0.717) is 24.9 Å². The molecule has 0 heterocycles. The summed E-state index contributed by atoms with van der Waals surface area (Å²) < 4.78 is 5.43. The molecule has 96 valence electrons. The molecule has 0 spiro atoms. The summed E-state index contributed by atoms with van der Waals surface area (Å²) in [6.07, 6.45) is 1.01. The molecule has 1 unspecified atom stereocenters. The van der Waals surface area contributed by atoms with Crippen molar-refractivity contribution in [3.05, 3.63) is 29.3 Å². The van der Waals surface area contributed by atoms with Crippen LogP contribution < -0.4 is 16.2 Å². The SMILES string of the molecule is COc1cccc(C)c1C(C)CC(CN)CN. The third-order valence-corrected chi connectivity index (χ3v) is 3.35. The molecule has 1 atom stereocenters. The second kappa shape index (κ2) is 6.62. The number of hydrogen-bond acceptors (Lipinski definition) is 3. The van der Waals surface area contributed by atoms with Crippen LogP contribution in [0.4, 0.5) is 0 Å². The van der Waals surface area contributed by atoms with Crippen LogP contribution in [0.15, 0.2) is 18.2 Å². The zero-order valence-electron chi connectivity index (χ0n) is 11.1. The predicted molar refractivity (Wildman–Crippen MR) is 72.4 cm³/mol. The van der Waals surface area contributed by atoms with Crippen LogP contribution in [0, 0.1) is 12.8 Å². The first kappa shape index (κ1) is 14.0. The van der Waals surface area contributed by atoms with Gasteiger partial charge in [-0.2, -0.15) is 0 Å². The monoisotopic (exact) mass is 236 g/mol. The summed E-state index contributed by atoms with van der Waals surface area (Å²) in [5.74, 6) is 1.77. The Bertz CT molecular complexity index is 348. The fourth-order valence-electron chi connectivity index (χ4n) is 2.37. The molecule has 1 aromatic carbocycles. The molecule has 3 nitrogen and oxygen atoms in total. The molecule has 0 aliphatic rings. The number of nitrogens with two attached hydrogens (primary N) is 2. The van der Waals surface area contributed by atoms with Crippen molar-refractivity contribution in [2.45, 2.75) is 26.2 Å². The van der Waals surface area contributed by atoms with Gasteiger partial charge < -0.3 is 16.2 Å². The molecule has 0 aromatic heterocycles. The minimum atomic E-state index is 0.384. The van der Waals surface area contributed by atoms with Crippen LogP contribution in [0.1, 0.15) is 30.4 Å². The normalized spacial score (nSPS) is 12.8. The highest BCUT2D eigenvalue weighted by Gasteiger charge is 2.17. The smallest absolute Gasteiger partial charge is 0.122 e. The number of rotatable bonds is 6. The molecule has 0 amide bonds. The Labute approximate surface area is 104 Å². The van der Waals surface area contributed by atoms with E-state index in [1.807, 2.05) is 12.1 Å². The molecule has 0 bridgehead atoms. The summed E-state index contributed by atoms with van der Waals surface area (Å²) >= 11 is 0. The van der Waals surface area contributed by atoms with E-state index < -0.39 is 0 Å². The van der Waals surface area contributed by atoms with Crippen LogP contribution in [-0.4, -0.2) is 20.2 Å². The maximum absolute atomic E-state index is 5.71. The third kappa shape index (κ3) is 3.45. The summed E-state index contributed by atoms with van der Waals surface area (Å²) in [5.41, 5.74) is 14.0. The van der Waals surface area contributed by atoms with Crippen molar-refractivity contribution in [1.29, 1.82) is 0 Å². The van der Waals surface area contributed by atoms with Gasteiger partial charge in [-0.3, -0.25) is 0 Å². The maximum atomic E-state index is 5.71. The van der Waals surface area contributed by atoms with Crippen molar-refractivity contribution in [3.8, 4) is 5.75 Å². The van der Waals surface area contributed by atoms with Gasteiger partial charge in [0.1, 0.15) is 5.75 Å². The van der Waals surface area contributed by atoms with Gasteiger partial charge in [-0.25, -0.2) is 0 Å². The average Bonchev–Trinajstić information content (AvgIpc) is 2.35. The molecule has 3 heteroatoms. The van der Waals surface area contributed by atoms with Gasteiger partial charge in [0.25, 0.3) is 0 Å². The van der Waals surface area contributed by atoms with Gasteiger partial charge in [0.2, 0.25) is 0 Å². The van der Waals surface area contributed by atoms with Gasteiger partial charge >= 0.3 is 0 Å². The molecule has 1 aromatic rings. The molecule has 0 saturated heterocycles. The van der Waals surface area contributed by atoms with Crippen LogP contribution in [0.3, 0.4) is 0 Å². The third-order valence-electron chi connectivity index (χ3n) is 3.35. The zero-order chi connectivity index (χ0) is 12.8. The van der Waals surface area contributed by atoms with E-state index in [0.717, 1.165) is 12.2 Å². The van der Waals surface area contributed by atoms with E-state index in [1.54, 1.807) is 7.11 Å². The van der Waals surface area contributed by atoms with E-state index in [9.17, 15) is 0 Å². The Balaban J connectivity index is 2.91. The Hall–Kier alpha value is -1.06. The van der Waals surface area contributed by atoms with E-state index >= 15 is 0 Å². The molecule has 4 N–H and O–H groups in total. The van der Waals surface area contributed by atoms with Crippen LogP contribution in [0.5, 0.6) is 5.75 Å². The lowest BCUT2D eigenvalue weighted by atomic mass is 9.87. The fourth-order valence-corrected chi connectivity index (χ4v) is 2.37. The van der Waals surface area contributed by atoms with Crippen LogP contribution in [-0.2, 0) is 0 Å². The zero-order valence-corrected chi connectivity index (χ0v) is 11.1. The largest absolute Gasteiger partial charge is 0.496 e. The second-order valence-corrected chi connectivity index (χ2v) is 4.67. The van der Waals surface area contributed by atoms with Crippen molar-refractivity contribution in [2.24, 2.45) is 17.4 Å². The van der Waals surface area contributed by atoms with Crippen molar-refractivity contribution in [1.82, 2.24) is 0 Å².